The van der Waals surface area contributed by atoms with E-state index in [1.807, 2.05) is 6.92 Å². The summed E-state index contributed by atoms with van der Waals surface area (Å²) >= 11 is 5.70. The van der Waals surface area contributed by atoms with Crippen LogP contribution in [0.3, 0.4) is 0 Å². The minimum absolute atomic E-state index is 0.194. The fourth-order valence-electron chi connectivity index (χ4n) is 1.25. The molecule has 0 aromatic heterocycles. The lowest BCUT2D eigenvalue weighted by Crippen LogP contribution is -2.09. The first-order valence-corrected chi connectivity index (χ1v) is 5.44. The topological polar surface area (TPSA) is 18.5 Å². The smallest absolute Gasteiger partial charge is 0.272 e. The van der Waals surface area contributed by atoms with E-state index in [0.29, 0.717) is 23.7 Å². The first-order chi connectivity index (χ1) is 7.69. The number of benzene rings is 1. The Hall–Kier alpha value is -1.03. The van der Waals surface area contributed by atoms with Crippen molar-refractivity contribution in [2.24, 2.45) is 0 Å². The maximum Gasteiger partial charge on any atom is 0.272 e. The van der Waals surface area contributed by atoms with Gasteiger partial charge in [0.15, 0.2) is 11.5 Å². The maximum absolute atomic E-state index is 12.1. The van der Waals surface area contributed by atoms with Gasteiger partial charge in [0.05, 0.1) is 12.5 Å². The lowest BCUT2D eigenvalue weighted by Gasteiger charge is -2.14. The van der Waals surface area contributed by atoms with Gasteiger partial charge in [-0.25, -0.2) is 8.78 Å². The second kappa shape index (κ2) is 6.53. The number of para-hydroxylation sites is 1. The molecule has 0 saturated carbocycles. The van der Waals surface area contributed by atoms with Crippen LogP contribution in [0, 0.1) is 0 Å². The number of alkyl halides is 3. The number of ether oxygens (including phenoxy) is 2. The van der Waals surface area contributed by atoms with Gasteiger partial charge in [-0.2, -0.15) is 0 Å². The van der Waals surface area contributed by atoms with Gasteiger partial charge < -0.3 is 9.47 Å². The highest BCUT2D eigenvalue weighted by Crippen LogP contribution is 2.32. The van der Waals surface area contributed by atoms with Crippen molar-refractivity contribution in [3.63, 3.8) is 0 Å². The molecule has 1 aromatic rings. The summed E-state index contributed by atoms with van der Waals surface area (Å²) in [7, 11) is 0. The predicted molar refractivity (Wildman–Crippen MR) is 58.7 cm³/mol. The quantitative estimate of drug-likeness (QED) is 0.720. The van der Waals surface area contributed by atoms with Crippen molar-refractivity contribution in [1.29, 1.82) is 0 Å². The summed E-state index contributed by atoms with van der Waals surface area (Å²) in [5, 5.41) is 0. The van der Waals surface area contributed by atoms with E-state index in [0.717, 1.165) is 0 Å². The van der Waals surface area contributed by atoms with Crippen LogP contribution >= 0.6 is 11.6 Å². The molecule has 0 aliphatic rings. The Bertz CT molecular complexity index is 332. The van der Waals surface area contributed by atoms with Gasteiger partial charge in [-0.1, -0.05) is 12.1 Å². The predicted octanol–water partition coefficient (Wildman–Crippen LogP) is 3.47. The zero-order valence-electron chi connectivity index (χ0n) is 8.88. The van der Waals surface area contributed by atoms with Gasteiger partial charge >= 0.3 is 0 Å². The van der Waals surface area contributed by atoms with Crippen LogP contribution in [0.15, 0.2) is 18.2 Å². The summed E-state index contributed by atoms with van der Waals surface area (Å²) in [6, 6.07) is 5.13. The molecule has 0 saturated heterocycles. The lowest BCUT2D eigenvalue weighted by molar-refractivity contribution is 0.0797. The highest BCUT2D eigenvalue weighted by atomic mass is 35.5. The second-order valence-corrected chi connectivity index (χ2v) is 3.28. The molecule has 1 aromatic carbocycles. The molecule has 0 amide bonds. The van der Waals surface area contributed by atoms with Crippen LogP contribution in [-0.2, 0) is 5.88 Å². The van der Waals surface area contributed by atoms with E-state index in [1.54, 1.807) is 18.2 Å². The lowest BCUT2D eigenvalue weighted by atomic mass is 10.2. The van der Waals surface area contributed by atoms with Crippen LogP contribution in [0.5, 0.6) is 11.5 Å². The van der Waals surface area contributed by atoms with Gasteiger partial charge in [0.2, 0.25) is 0 Å². The average Bonchev–Trinajstić information content (AvgIpc) is 2.27. The number of hydrogen-bond donors (Lipinski definition) is 0. The van der Waals surface area contributed by atoms with Crippen LogP contribution in [0.2, 0.25) is 0 Å². The Morgan fingerprint density at radius 2 is 2.06 bits per heavy atom. The van der Waals surface area contributed by atoms with Crippen molar-refractivity contribution in [3.8, 4) is 11.5 Å². The fraction of sp³-hybridized carbons (Fsp3) is 0.455. The normalized spacial score (nSPS) is 10.6. The van der Waals surface area contributed by atoms with E-state index >= 15 is 0 Å². The first kappa shape index (κ1) is 13.0. The van der Waals surface area contributed by atoms with E-state index < -0.39 is 13.0 Å². The largest absolute Gasteiger partial charge is 0.490 e. The Balaban J connectivity index is 2.90. The molecular weight excluding hydrogens is 238 g/mol. The Kier molecular flexibility index (Phi) is 5.32. The minimum Gasteiger partial charge on any atom is -0.490 e. The van der Waals surface area contributed by atoms with Gasteiger partial charge in [0.1, 0.15) is 6.61 Å². The molecular formula is C11H13ClF2O2. The van der Waals surface area contributed by atoms with Gasteiger partial charge in [-0.15, -0.1) is 11.6 Å². The monoisotopic (exact) mass is 250 g/mol. The van der Waals surface area contributed by atoms with Crippen molar-refractivity contribution in [3.05, 3.63) is 23.8 Å². The van der Waals surface area contributed by atoms with Crippen LogP contribution in [-0.4, -0.2) is 19.6 Å². The molecule has 0 bridgehead atoms. The van der Waals surface area contributed by atoms with E-state index in [1.165, 1.54) is 0 Å². The third-order valence-electron chi connectivity index (χ3n) is 1.86. The zero-order chi connectivity index (χ0) is 12.0. The summed E-state index contributed by atoms with van der Waals surface area (Å²) in [5.74, 6) is 0.945. The van der Waals surface area contributed by atoms with Crippen molar-refractivity contribution < 1.29 is 18.3 Å². The van der Waals surface area contributed by atoms with Gasteiger partial charge in [0.25, 0.3) is 6.43 Å². The average molecular weight is 251 g/mol. The van der Waals surface area contributed by atoms with Crippen molar-refractivity contribution in [2.75, 3.05) is 13.2 Å². The molecule has 2 nitrogen and oxygen atoms in total. The fourth-order valence-corrected chi connectivity index (χ4v) is 1.46. The molecule has 0 spiro atoms. The number of rotatable bonds is 6. The van der Waals surface area contributed by atoms with Gasteiger partial charge in [0, 0.05) is 5.56 Å². The molecule has 0 radical (unpaired) electrons. The van der Waals surface area contributed by atoms with Crippen LogP contribution in [0.1, 0.15) is 12.5 Å². The standard InChI is InChI=1S/C11H13ClF2O2/c1-2-15-9-5-3-4-8(6-12)11(9)16-7-10(13)14/h3-5,10H,2,6-7H2,1H3. The summed E-state index contributed by atoms with van der Waals surface area (Å²) in [6.45, 7) is 1.59. The molecule has 0 fully saturated rings. The van der Waals surface area contributed by atoms with Crippen LogP contribution in [0.4, 0.5) is 8.78 Å². The van der Waals surface area contributed by atoms with Crippen molar-refractivity contribution in [1.82, 2.24) is 0 Å². The summed E-state index contributed by atoms with van der Waals surface area (Å²) in [6.07, 6.45) is -2.52. The third-order valence-corrected chi connectivity index (χ3v) is 2.15. The van der Waals surface area contributed by atoms with Crippen molar-refractivity contribution in [2.45, 2.75) is 19.2 Å². The maximum atomic E-state index is 12.1. The molecule has 0 aliphatic heterocycles. The molecule has 1 rings (SSSR count). The molecule has 0 heterocycles. The molecule has 0 aliphatic carbocycles. The van der Waals surface area contributed by atoms with Crippen molar-refractivity contribution >= 4 is 11.6 Å². The number of halogens is 3. The molecule has 0 N–H and O–H groups in total. The first-order valence-electron chi connectivity index (χ1n) is 4.90. The molecule has 0 atom stereocenters. The van der Waals surface area contributed by atoms with E-state index in [2.05, 4.69) is 0 Å². The Morgan fingerprint density at radius 3 is 2.62 bits per heavy atom. The van der Waals surface area contributed by atoms with Crippen LogP contribution < -0.4 is 9.47 Å². The third kappa shape index (κ3) is 3.52. The molecule has 16 heavy (non-hydrogen) atoms. The SMILES string of the molecule is CCOc1cccc(CCl)c1OCC(F)F. The summed E-state index contributed by atoms with van der Waals surface area (Å²) in [5.41, 5.74) is 0.647. The highest BCUT2D eigenvalue weighted by molar-refractivity contribution is 6.17. The van der Waals surface area contributed by atoms with E-state index in [-0.39, 0.29) is 5.88 Å². The molecule has 0 unspecified atom stereocenters. The Labute approximate surface area is 98.1 Å². The second-order valence-electron chi connectivity index (χ2n) is 3.01. The van der Waals surface area contributed by atoms with Gasteiger partial charge in [-0.3, -0.25) is 0 Å². The van der Waals surface area contributed by atoms with Crippen LogP contribution in [0.25, 0.3) is 0 Å². The summed E-state index contributed by atoms with van der Waals surface area (Å²) in [4.78, 5) is 0. The Morgan fingerprint density at radius 1 is 1.31 bits per heavy atom. The van der Waals surface area contributed by atoms with E-state index in [4.69, 9.17) is 21.1 Å². The molecule has 5 heteroatoms. The summed E-state index contributed by atoms with van der Waals surface area (Å²) < 4.78 is 34.4. The molecule has 90 valence electrons. The minimum atomic E-state index is -2.52. The van der Waals surface area contributed by atoms with Gasteiger partial charge in [-0.05, 0) is 13.0 Å². The zero-order valence-corrected chi connectivity index (χ0v) is 9.64. The highest BCUT2D eigenvalue weighted by Gasteiger charge is 2.12. The van der Waals surface area contributed by atoms with E-state index in [9.17, 15) is 8.78 Å². The number of hydrogen-bond acceptors (Lipinski definition) is 2.